The molecule has 0 amide bonds. The lowest BCUT2D eigenvalue weighted by atomic mass is 9.79. The van der Waals surface area contributed by atoms with E-state index in [-0.39, 0.29) is 6.04 Å². The molecule has 1 aromatic rings. The van der Waals surface area contributed by atoms with Crippen molar-refractivity contribution in [2.24, 2.45) is 5.92 Å². The van der Waals surface area contributed by atoms with Gasteiger partial charge in [0.15, 0.2) is 0 Å². The lowest BCUT2D eigenvalue weighted by Gasteiger charge is -2.42. The molecule has 6 heteroatoms. The van der Waals surface area contributed by atoms with Gasteiger partial charge in [0.25, 0.3) is 10.0 Å². The first kappa shape index (κ1) is 14.0. The van der Waals surface area contributed by atoms with Gasteiger partial charge in [-0.1, -0.05) is 12.8 Å². The van der Waals surface area contributed by atoms with Crippen LogP contribution >= 0.6 is 27.3 Å². The van der Waals surface area contributed by atoms with E-state index in [9.17, 15) is 8.42 Å². The van der Waals surface area contributed by atoms with Crippen LogP contribution in [0.2, 0.25) is 0 Å². The third kappa shape index (κ3) is 2.52. The van der Waals surface area contributed by atoms with Crippen molar-refractivity contribution in [3.63, 3.8) is 0 Å². The molecular weight excluding hydrogens is 346 g/mol. The Morgan fingerprint density at radius 1 is 1.21 bits per heavy atom. The SMILES string of the molecule is O=S(=O)(c1sccc1Br)N1CCC[C@H]2CCCC[C@H]21. The van der Waals surface area contributed by atoms with E-state index in [1.807, 2.05) is 11.4 Å². The van der Waals surface area contributed by atoms with E-state index in [4.69, 9.17) is 0 Å². The van der Waals surface area contributed by atoms with E-state index < -0.39 is 10.0 Å². The number of fused-ring (bicyclic) bond motifs is 1. The molecule has 106 valence electrons. The van der Waals surface area contributed by atoms with Gasteiger partial charge < -0.3 is 0 Å². The maximum Gasteiger partial charge on any atom is 0.253 e. The van der Waals surface area contributed by atoms with Crippen molar-refractivity contribution in [2.45, 2.75) is 48.8 Å². The van der Waals surface area contributed by atoms with Crippen LogP contribution in [0.25, 0.3) is 0 Å². The number of rotatable bonds is 2. The Morgan fingerprint density at radius 2 is 1.95 bits per heavy atom. The fraction of sp³-hybridized carbons (Fsp3) is 0.692. The summed E-state index contributed by atoms with van der Waals surface area (Å²) in [6.07, 6.45) is 6.86. The van der Waals surface area contributed by atoms with Crippen molar-refractivity contribution in [1.29, 1.82) is 0 Å². The van der Waals surface area contributed by atoms with Crippen LogP contribution in [-0.2, 0) is 10.0 Å². The summed E-state index contributed by atoms with van der Waals surface area (Å²) in [7, 11) is -3.31. The standard InChI is InChI=1S/C13H18BrNO2S2/c14-11-7-9-18-13(11)19(16,17)15-8-3-5-10-4-1-2-6-12(10)15/h7,9-10,12H,1-6,8H2/t10-,12-/m1/s1. The summed E-state index contributed by atoms with van der Waals surface area (Å²) >= 11 is 4.67. The molecule has 1 aromatic heterocycles. The zero-order valence-corrected chi connectivity index (χ0v) is 13.9. The van der Waals surface area contributed by atoms with Crippen LogP contribution in [0, 0.1) is 5.92 Å². The summed E-state index contributed by atoms with van der Waals surface area (Å²) in [5.74, 6) is 0.580. The van der Waals surface area contributed by atoms with Gasteiger partial charge in [-0.05, 0) is 59.0 Å². The number of nitrogens with zero attached hydrogens (tertiary/aromatic N) is 1. The third-order valence-electron chi connectivity index (χ3n) is 4.32. The van der Waals surface area contributed by atoms with Crippen molar-refractivity contribution in [1.82, 2.24) is 4.31 Å². The molecule has 0 bridgehead atoms. The van der Waals surface area contributed by atoms with Gasteiger partial charge in [0.2, 0.25) is 0 Å². The summed E-state index contributed by atoms with van der Waals surface area (Å²) in [6.45, 7) is 0.688. The largest absolute Gasteiger partial charge is 0.253 e. The Morgan fingerprint density at radius 3 is 2.68 bits per heavy atom. The van der Waals surface area contributed by atoms with Crippen LogP contribution in [0.4, 0.5) is 0 Å². The molecule has 0 radical (unpaired) electrons. The first-order chi connectivity index (χ1) is 9.10. The summed E-state index contributed by atoms with van der Waals surface area (Å²) in [6, 6.07) is 2.06. The summed E-state index contributed by atoms with van der Waals surface area (Å²) in [4.78, 5) is 0. The molecule has 0 N–H and O–H groups in total. The molecule has 1 saturated heterocycles. The molecule has 0 spiro atoms. The number of hydrogen-bond acceptors (Lipinski definition) is 3. The van der Waals surface area contributed by atoms with Crippen molar-refractivity contribution in [2.75, 3.05) is 6.54 Å². The third-order valence-corrected chi connectivity index (χ3v) is 8.89. The number of hydrogen-bond donors (Lipinski definition) is 0. The Balaban J connectivity index is 1.94. The lowest BCUT2D eigenvalue weighted by molar-refractivity contribution is 0.129. The maximum atomic E-state index is 12.8. The molecule has 0 unspecified atom stereocenters. The quantitative estimate of drug-likeness (QED) is 0.799. The van der Waals surface area contributed by atoms with Crippen molar-refractivity contribution in [3.8, 4) is 0 Å². The van der Waals surface area contributed by atoms with Crippen LogP contribution in [-0.4, -0.2) is 25.3 Å². The topological polar surface area (TPSA) is 37.4 Å². The Bertz CT molecular complexity index is 553. The smallest absolute Gasteiger partial charge is 0.206 e. The van der Waals surface area contributed by atoms with Crippen molar-refractivity contribution in [3.05, 3.63) is 15.9 Å². The predicted octanol–water partition coefficient (Wildman–Crippen LogP) is 3.85. The Hall–Kier alpha value is 0.0900. The predicted molar refractivity (Wildman–Crippen MR) is 80.9 cm³/mol. The highest BCUT2D eigenvalue weighted by atomic mass is 79.9. The van der Waals surface area contributed by atoms with Gasteiger partial charge in [0.05, 0.1) is 0 Å². The van der Waals surface area contributed by atoms with Crippen LogP contribution < -0.4 is 0 Å². The zero-order chi connectivity index (χ0) is 13.5. The highest BCUT2D eigenvalue weighted by Gasteiger charge is 2.40. The molecular formula is C13H18BrNO2S2. The molecule has 3 rings (SSSR count). The van der Waals surface area contributed by atoms with E-state index in [2.05, 4.69) is 15.9 Å². The van der Waals surface area contributed by atoms with Gasteiger partial charge in [0.1, 0.15) is 4.21 Å². The molecule has 1 saturated carbocycles. The van der Waals surface area contributed by atoms with E-state index in [0.717, 1.165) is 12.8 Å². The molecule has 2 heterocycles. The summed E-state index contributed by atoms with van der Waals surface area (Å²) in [5.41, 5.74) is 0. The molecule has 2 aliphatic rings. The second kappa shape index (κ2) is 5.47. The number of thiophene rings is 1. The van der Waals surface area contributed by atoms with E-state index >= 15 is 0 Å². The number of piperidine rings is 1. The van der Waals surface area contributed by atoms with Crippen LogP contribution in [0.5, 0.6) is 0 Å². The van der Waals surface area contributed by atoms with Gasteiger partial charge in [-0.15, -0.1) is 11.3 Å². The van der Waals surface area contributed by atoms with E-state index in [0.29, 0.717) is 21.1 Å². The Labute approximate surface area is 127 Å². The second-order valence-corrected chi connectivity index (χ2v) is 9.28. The van der Waals surface area contributed by atoms with Crippen LogP contribution in [0.1, 0.15) is 38.5 Å². The van der Waals surface area contributed by atoms with Crippen molar-refractivity contribution >= 4 is 37.3 Å². The first-order valence-corrected chi connectivity index (χ1v) is 9.97. The Kier molecular flexibility index (Phi) is 4.04. The molecule has 2 fully saturated rings. The monoisotopic (exact) mass is 363 g/mol. The van der Waals surface area contributed by atoms with Gasteiger partial charge in [0, 0.05) is 17.1 Å². The normalized spacial score (nSPS) is 29.1. The minimum atomic E-state index is -3.31. The fourth-order valence-electron chi connectivity index (χ4n) is 3.45. The fourth-order valence-corrected chi connectivity index (χ4v) is 7.63. The van der Waals surface area contributed by atoms with E-state index in [1.165, 1.54) is 37.0 Å². The van der Waals surface area contributed by atoms with Gasteiger partial charge in [-0.3, -0.25) is 0 Å². The van der Waals surface area contributed by atoms with Gasteiger partial charge in [-0.25, -0.2) is 8.42 Å². The number of sulfonamides is 1. The molecule has 3 nitrogen and oxygen atoms in total. The number of halogens is 1. The average molecular weight is 364 g/mol. The molecule has 19 heavy (non-hydrogen) atoms. The second-order valence-electron chi connectivity index (χ2n) is 5.43. The average Bonchev–Trinajstić information content (AvgIpc) is 2.85. The van der Waals surface area contributed by atoms with Crippen LogP contribution in [0.15, 0.2) is 20.1 Å². The summed E-state index contributed by atoms with van der Waals surface area (Å²) < 4.78 is 28.6. The molecule has 2 atom stereocenters. The first-order valence-electron chi connectivity index (χ1n) is 6.85. The molecule has 1 aliphatic heterocycles. The van der Waals surface area contributed by atoms with Crippen LogP contribution in [0.3, 0.4) is 0 Å². The van der Waals surface area contributed by atoms with Gasteiger partial charge >= 0.3 is 0 Å². The van der Waals surface area contributed by atoms with Crippen molar-refractivity contribution < 1.29 is 8.42 Å². The summed E-state index contributed by atoms with van der Waals surface area (Å²) in [5, 5.41) is 1.83. The highest BCUT2D eigenvalue weighted by Crippen LogP contribution is 2.40. The zero-order valence-electron chi connectivity index (χ0n) is 10.7. The van der Waals surface area contributed by atoms with E-state index in [1.54, 1.807) is 4.31 Å². The maximum absolute atomic E-state index is 12.8. The highest BCUT2D eigenvalue weighted by molar-refractivity contribution is 9.10. The van der Waals surface area contributed by atoms with Gasteiger partial charge in [-0.2, -0.15) is 4.31 Å². The molecule has 0 aromatic carbocycles. The lowest BCUT2D eigenvalue weighted by Crippen LogP contribution is -2.49. The minimum Gasteiger partial charge on any atom is -0.206 e. The molecule has 1 aliphatic carbocycles. The minimum absolute atomic E-state index is 0.237.